The summed E-state index contributed by atoms with van der Waals surface area (Å²) in [5.74, 6) is 0. The monoisotopic (exact) mass is 362 g/mol. The second-order valence-electron chi connectivity index (χ2n) is 7.59. The van der Waals surface area contributed by atoms with Crippen LogP contribution in [0.5, 0.6) is 0 Å². The summed E-state index contributed by atoms with van der Waals surface area (Å²) < 4.78 is 5.21. The zero-order valence-corrected chi connectivity index (χ0v) is 19.3. The van der Waals surface area contributed by atoms with Crippen LogP contribution in [-0.4, -0.2) is 41.0 Å². The van der Waals surface area contributed by atoms with E-state index >= 15 is 0 Å². The summed E-state index contributed by atoms with van der Waals surface area (Å²) in [6, 6.07) is 1.42. The van der Waals surface area contributed by atoms with E-state index < -0.39 is 7.26 Å². The summed E-state index contributed by atoms with van der Waals surface area (Å²) in [6.07, 6.45) is 20.9. The Labute approximate surface area is 151 Å². The summed E-state index contributed by atoms with van der Waals surface area (Å²) in [7, 11) is -0.871. The van der Waals surface area contributed by atoms with E-state index in [0.29, 0.717) is 0 Å². The number of hydrogen-bond donors (Lipinski definition) is 0. The summed E-state index contributed by atoms with van der Waals surface area (Å²) >= 11 is 0. The summed E-state index contributed by atoms with van der Waals surface area (Å²) in [4.78, 5) is 0. The zero-order chi connectivity index (χ0) is 17.2. The van der Waals surface area contributed by atoms with E-state index in [1.165, 1.54) is 70.3 Å². The first kappa shape index (κ1) is 23.6. The van der Waals surface area contributed by atoms with Gasteiger partial charge in [-0.3, -0.25) is 0 Å². The van der Waals surface area contributed by atoms with Crippen molar-refractivity contribution in [1.29, 1.82) is 0 Å². The Kier molecular flexibility index (Phi) is 17.9. The topological polar surface area (TPSA) is 9.23 Å². The van der Waals surface area contributed by atoms with Crippen LogP contribution in [0.2, 0.25) is 6.04 Å². The second-order valence-corrected chi connectivity index (χ2v) is 14.1. The van der Waals surface area contributed by atoms with Crippen LogP contribution < -0.4 is 0 Å². The molecule has 0 aromatic heterocycles. The Morgan fingerprint density at radius 3 is 1.30 bits per heavy atom. The van der Waals surface area contributed by atoms with Crippen LogP contribution in [0.1, 0.15) is 91.9 Å². The minimum absolute atomic E-state index is 0.00849. The average Bonchev–Trinajstić information content (AvgIpc) is 2.62. The normalized spacial score (nSPS) is 16.9. The van der Waals surface area contributed by atoms with Crippen molar-refractivity contribution < 1.29 is 4.43 Å². The Bertz CT molecular complexity index is 183. The summed E-state index contributed by atoms with van der Waals surface area (Å²) in [5, 5.41) is 0. The van der Waals surface area contributed by atoms with E-state index in [1.807, 2.05) is 0 Å². The molecule has 0 aliphatic carbocycles. The van der Waals surface area contributed by atoms with E-state index in [9.17, 15) is 0 Å². The van der Waals surface area contributed by atoms with Gasteiger partial charge in [-0.05, 0) is 12.5 Å². The third-order valence-electron chi connectivity index (χ3n) is 5.32. The quantitative estimate of drug-likeness (QED) is 0.295. The number of unbranched alkanes of at least 4 members (excludes halogenated alkanes) is 4. The van der Waals surface area contributed by atoms with Crippen molar-refractivity contribution in [2.45, 2.75) is 97.9 Å². The fourth-order valence-corrected chi connectivity index (χ4v) is 10.7. The Morgan fingerprint density at radius 1 is 0.696 bits per heavy atom. The molecule has 23 heavy (non-hydrogen) atoms. The molecule has 0 unspecified atom stereocenters. The molecular formula is C20H47OPSi. The van der Waals surface area contributed by atoms with Crippen LogP contribution in [0.4, 0.5) is 0 Å². The van der Waals surface area contributed by atoms with E-state index in [2.05, 4.69) is 27.7 Å². The Balaban J connectivity index is 0.000000664. The fraction of sp³-hybridized carbons (Fsp3) is 1.00. The van der Waals surface area contributed by atoms with E-state index in [0.717, 1.165) is 6.61 Å². The van der Waals surface area contributed by atoms with Gasteiger partial charge in [-0.2, -0.15) is 0 Å². The van der Waals surface area contributed by atoms with Gasteiger partial charge in [0.1, 0.15) is 0 Å². The van der Waals surface area contributed by atoms with Crippen molar-refractivity contribution in [1.82, 2.24) is 0 Å². The summed E-state index contributed by atoms with van der Waals surface area (Å²) in [5.41, 5.74) is 0. The van der Waals surface area contributed by atoms with E-state index in [4.69, 9.17) is 4.43 Å². The number of hydrogen-bond acceptors (Lipinski definition) is 1. The maximum atomic E-state index is 5.21. The van der Waals surface area contributed by atoms with Gasteiger partial charge in [0.05, 0.1) is 0 Å². The molecule has 0 bridgehead atoms. The predicted octanol–water partition coefficient (Wildman–Crippen LogP) is 6.24. The molecule has 142 valence electrons. The predicted molar refractivity (Wildman–Crippen MR) is 116 cm³/mol. The average molecular weight is 363 g/mol. The van der Waals surface area contributed by atoms with Crippen LogP contribution in [0.3, 0.4) is 0 Å². The van der Waals surface area contributed by atoms with Crippen molar-refractivity contribution in [3.8, 4) is 0 Å². The zero-order valence-electron chi connectivity index (χ0n) is 16.9. The standard InChI is InChI=1S/C16H37P.C4H10OSi/c1-5-9-13-17(14-10-6-2,15-11-7-3)16-12-8-4;1-2-4-6-5-3-1/h17H,5-16H2,1-4H3;1-4,6H2. The van der Waals surface area contributed by atoms with Crippen molar-refractivity contribution in [3.05, 3.63) is 0 Å². The SMILES string of the molecule is C1CC[SiH2]OC1.CCCC[PH](CCCC)(CCCC)CCCC. The molecule has 0 radical (unpaired) electrons. The second kappa shape index (κ2) is 17.4. The third kappa shape index (κ3) is 13.6. The minimum atomic E-state index is -0.879. The van der Waals surface area contributed by atoms with Crippen LogP contribution in [0.15, 0.2) is 0 Å². The van der Waals surface area contributed by atoms with Gasteiger partial charge < -0.3 is 4.43 Å². The molecule has 1 heterocycles. The molecule has 0 spiro atoms. The Morgan fingerprint density at radius 2 is 1.13 bits per heavy atom. The van der Waals surface area contributed by atoms with E-state index in [-0.39, 0.29) is 9.76 Å². The molecule has 0 amide bonds. The van der Waals surface area contributed by atoms with Gasteiger partial charge in [0.15, 0.2) is 9.76 Å². The van der Waals surface area contributed by atoms with Gasteiger partial charge in [-0.25, -0.2) is 0 Å². The van der Waals surface area contributed by atoms with Gasteiger partial charge in [0.25, 0.3) is 0 Å². The van der Waals surface area contributed by atoms with Crippen LogP contribution in [0, 0.1) is 0 Å². The van der Waals surface area contributed by atoms with Crippen molar-refractivity contribution in [2.24, 2.45) is 0 Å². The van der Waals surface area contributed by atoms with Crippen molar-refractivity contribution >= 4 is 17.0 Å². The molecule has 1 saturated heterocycles. The Hall–Kier alpha value is 0.607. The molecule has 1 rings (SSSR count). The molecule has 0 aromatic rings. The number of rotatable bonds is 12. The van der Waals surface area contributed by atoms with Gasteiger partial charge in [0, 0.05) is 6.61 Å². The van der Waals surface area contributed by atoms with Gasteiger partial charge >= 0.3 is 111 Å². The molecular weight excluding hydrogens is 315 g/mol. The molecule has 1 fully saturated rings. The van der Waals surface area contributed by atoms with Gasteiger partial charge in [0.2, 0.25) is 0 Å². The van der Waals surface area contributed by atoms with Crippen LogP contribution in [-0.2, 0) is 4.43 Å². The molecule has 0 N–H and O–H groups in total. The molecule has 1 aliphatic heterocycles. The third-order valence-corrected chi connectivity index (χ3v) is 12.3. The molecule has 1 nitrogen and oxygen atoms in total. The molecule has 3 heteroatoms. The van der Waals surface area contributed by atoms with Crippen LogP contribution in [0.25, 0.3) is 0 Å². The van der Waals surface area contributed by atoms with Gasteiger partial charge in [-0.1, -0.05) is 6.42 Å². The fourth-order valence-electron chi connectivity index (χ4n) is 3.64. The van der Waals surface area contributed by atoms with Crippen molar-refractivity contribution in [2.75, 3.05) is 31.3 Å². The molecule has 0 saturated carbocycles. The summed E-state index contributed by atoms with van der Waals surface area (Å²) in [6.45, 7) is 10.5. The van der Waals surface area contributed by atoms with Crippen molar-refractivity contribution in [3.63, 3.8) is 0 Å². The first-order chi connectivity index (χ1) is 11.2. The molecule has 0 atom stereocenters. The first-order valence-electron chi connectivity index (χ1n) is 10.8. The first-order valence-corrected chi connectivity index (χ1v) is 15.2. The van der Waals surface area contributed by atoms with Gasteiger partial charge in [-0.15, -0.1) is 0 Å². The van der Waals surface area contributed by atoms with Crippen LogP contribution >= 0.6 is 7.26 Å². The molecule has 0 aromatic carbocycles. The molecule has 1 aliphatic rings. The van der Waals surface area contributed by atoms with E-state index in [1.54, 1.807) is 24.6 Å². The maximum absolute atomic E-state index is 5.21.